The summed E-state index contributed by atoms with van der Waals surface area (Å²) < 4.78 is 4.91. The van der Waals surface area contributed by atoms with Crippen LogP contribution in [0.2, 0.25) is 0 Å². The number of carbonyl (C=O) groups excluding carboxylic acids is 2. The van der Waals surface area contributed by atoms with Gasteiger partial charge in [0.05, 0.1) is 22.8 Å². The molecule has 0 fully saturated rings. The van der Waals surface area contributed by atoms with Crippen LogP contribution >= 0.6 is 16.1 Å². The van der Waals surface area contributed by atoms with E-state index in [1.165, 1.54) is 0 Å². The van der Waals surface area contributed by atoms with Gasteiger partial charge in [-0.3, -0.25) is 0 Å². The minimum Gasteiger partial charge on any atom is -0.449 e. The minimum atomic E-state index is -0.904. The lowest BCUT2D eigenvalue weighted by Gasteiger charge is -2.07. The molecule has 10 heavy (non-hydrogen) atoms. The van der Waals surface area contributed by atoms with Crippen molar-refractivity contribution in [2.75, 3.05) is 6.61 Å². The first-order chi connectivity index (χ1) is 4.59. The molecule has 3 amide bonds. The standard InChI is InChI=1S/C4H7BrN2O3/c1-2-10-4(9)7(5)3(6)8/h2H2,1H3,(H2,6,8). The number of imide groups is 1. The van der Waals surface area contributed by atoms with Gasteiger partial charge in [-0.15, -0.1) is 0 Å². The van der Waals surface area contributed by atoms with E-state index < -0.39 is 12.1 Å². The van der Waals surface area contributed by atoms with Crippen LogP contribution in [-0.4, -0.2) is 22.7 Å². The Kier molecular flexibility index (Phi) is 3.78. The molecule has 58 valence electrons. The zero-order valence-corrected chi connectivity index (χ0v) is 6.92. The summed E-state index contributed by atoms with van der Waals surface area (Å²) in [6.07, 6.45) is -0.810. The number of halogens is 1. The Morgan fingerprint density at radius 2 is 2.20 bits per heavy atom. The SMILES string of the molecule is CCOC(=O)N(Br)C(N)=O. The lowest BCUT2D eigenvalue weighted by molar-refractivity contribution is 0.139. The highest BCUT2D eigenvalue weighted by Gasteiger charge is 2.15. The number of rotatable bonds is 1. The van der Waals surface area contributed by atoms with E-state index in [-0.39, 0.29) is 6.61 Å². The van der Waals surface area contributed by atoms with Crippen LogP contribution in [0.4, 0.5) is 9.59 Å². The molecule has 0 heterocycles. The fourth-order valence-electron chi connectivity index (χ4n) is 0.270. The van der Waals surface area contributed by atoms with Gasteiger partial charge in [-0.25, -0.2) is 9.59 Å². The molecular formula is C4H7BrN2O3. The highest BCUT2D eigenvalue weighted by molar-refractivity contribution is 9.08. The smallest absolute Gasteiger partial charge is 0.428 e. The van der Waals surface area contributed by atoms with Gasteiger partial charge in [-0.2, -0.15) is 3.93 Å². The summed E-state index contributed by atoms with van der Waals surface area (Å²) in [7, 11) is 0. The molecule has 0 unspecified atom stereocenters. The molecule has 0 radical (unpaired) electrons. The molecule has 0 aromatic heterocycles. The number of urea groups is 1. The summed E-state index contributed by atoms with van der Waals surface area (Å²) in [5.74, 6) is 0. The van der Waals surface area contributed by atoms with E-state index in [1.54, 1.807) is 6.92 Å². The van der Waals surface area contributed by atoms with Crippen molar-refractivity contribution in [2.45, 2.75) is 6.92 Å². The van der Waals surface area contributed by atoms with Crippen LogP contribution in [0, 0.1) is 0 Å². The summed E-state index contributed by atoms with van der Waals surface area (Å²) in [5, 5.41) is 0. The van der Waals surface area contributed by atoms with Crippen molar-refractivity contribution in [1.82, 2.24) is 3.93 Å². The summed E-state index contributed by atoms with van der Waals surface area (Å²) >= 11 is 2.59. The van der Waals surface area contributed by atoms with E-state index >= 15 is 0 Å². The Hall–Kier alpha value is -0.780. The molecule has 0 bridgehead atoms. The maximum Gasteiger partial charge on any atom is 0.428 e. The summed E-state index contributed by atoms with van der Waals surface area (Å²) in [6, 6.07) is -0.904. The van der Waals surface area contributed by atoms with E-state index in [2.05, 4.69) is 20.9 Å². The number of hydrogen-bond donors (Lipinski definition) is 1. The number of nitrogens with zero attached hydrogens (tertiary/aromatic N) is 1. The molecule has 0 aliphatic rings. The molecule has 0 saturated heterocycles. The van der Waals surface area contributed by atoms with E-state index in [0.29, 0.717) is 3.93 Å². The van der Waals surface area contributed by atoms with Crippen molar-refractivity contribution in [3.05, 3.63) is 0 Å². The second kappa shape index (κ2) is 4.10. The van der Waals surface area contributed by atoms with Crippen molar-refractivity contribution in [3.63, 3.8) is 0 Å². The molecule has 0 aromatic carbocycles. The Bertz CT molecular complexity index is 149. The number of nitrogens with two attached hydrogens (primary N) is 1. The molecule has 0 saturated carbocycles. The van der Waals surface area contributed by atoms with Crippen LogP contribution < -0.4 is 5.73 Å². The number of carbonyl (C=O) groups is 2. The van der Waals surface area contributed by atoms with Crippen molar-refractivity contribution in [1.29, 1.82) is 0 Å². The largest absolute Gasteiger partial charge is 0.449 e. The molecule has 0 aromatic rings. The molecule has 0 aliphatic carbocycles. The number of hydrogen-bond acceptors (Lipinski definition) is 3. The van der Waals surface area contributed by atoms with E-state index in [1.807, 2.05) is 0 Å². The zero-order chi connectivity index (χ0) is 8.15. The van der Waals surface area contributed by atoms with Gasteiger partial charge in [0.15, 0.2) is 0 Å². The van der Waals surface area contributed by atoms with E-state index in [4.69, 9.17) is 5.73 Å². The second-order valence-corrected chi connectivity index (χ2v) is 2.03. The predicted octanol–water partition coefficient (Wildman–Crippen LogP) is 0.834. The van der Waals surface area contributed by atoms with Gasteiger partial charge in [0.25, 0.3) is 0 Å². The maximum atomic E-state index is 10.5. The Morgan fingerprint density at radius 1 is 1.70 bits per heavy atom. The summed E-state index contributed by atoms with van der Waals surface area (Å²) in [6.45, 7) is 1.83. The predicted molar refractivity (Wildman–Crippen MR) is 37.4 cm³/mol. The lowest BCUT2D eigenvalue weighted by atomic mass is 10.8. The Labute approximate surface area is 66.4 Å². The van der Waals surface area contributed by atoms with Crippen LogP contribution in [-0.2, 0) is 4.74 Å². The van der Waals surface area contributed by atoms with Gasteiger partial charge in [-0.1, -0.05) is 0 Å². The van der Waals surface area contributed by atoms with E-state index in [9.17, 15) is 9.59 Å². The Morgan fingerprint density at radius 3 is 2.50 bits per heavy atom. The molecular weight excluding hydrogens is 204 g/mol. The third-order valence-corrected chi connectivity index (χ3v) is 1.26. The van der Waals surface area contributed by atoms with E-state index in [0.717, 1.165) is 0 Å². The molecule has 0 aliphatic heterocycles. The lowest BCUT2D eigenvalue weighted by Crippen LogP contribution is -2.32. The molecule has 2 N–H and O–H groups in total. The third-order valence-electron chi connectivity index (χ3n) is 0.622. The third kappa shape index (κ3) is 2.67. The first-order valence-corrected chi connectivity index (χ1v) is 3.22. The van der Waals surface area contributed by atoms with Gasteiger partial charge in [0.2, 0.25) is 0 Å². The minimum absolute atomic E-state index is 0.203. The first-order valence-electron chi connectivity index (χ1n) is 2.51. The van der Waals surface area contributed by atoms with Gasteiger partial charge >= 0.3 is 12.1 Å². The van der Waals surface area contributed by atoms with Crippen molar-refractivity contribution >= 4 is 28.3 Å². The van der Waals surface area contributed by atoms with Gasteiger partial charge in [0, 0.05) is 0 Å². The highest BCUT2D eigenvalue weighted by Crippen LogP contribution is 1.99. The van der Waals surface area contributed by atoms with Crippen LogP contribution in [0.5, 0.6) is 0 Å². The van der Waals surface area contributed by atoms with Crippen LogP contribution in [0.1, 0.15) is 6.92 Å². The summed E-state index contributed by atoms with van der Waals surface area (Å²) in [5.41, 5.74) is 4.71. The topological polar surface area (TPSA) is 72.6 Å². The molecule has 5 nitrogen and oxygen atoms in total. The van der Waals surface area contributed by atoms with Crippen LogP contribution in [0.3, 0.4) is 0 Å². The molecule has 0 rings (SSSR count). The first kappa shape index (κ1) is 9.22. The zero-order valence-electron chi connectivity index (χ0n) is 5.33. The monoisotopic (exact) mass is 210 g/mol. The fourth-order valence-corrected chi connectivity index (χ4v) is 0.372. The van der Waals surface area contributed by atoms with Gasteiger partial charge < -0.3 is 10.5 Å². The number of ether oxygens (including phenoxy) is 1. The van der Waals surface area contributed by atoms with Gasteiger partial charge in [0.1, 0.15) is 0 Å². The van der Waals surface area contributed by atoms with Crippen molar-refractivity contribution < 1.29 is 14.3 Å². The Balaban J connectivity index is 3.82. The second-order valence-electron chi connectivity index (χ2n) is 1.32. The van der Waals surface area contributed by atoms with Crippen molar-refractivity contribution in [2.24, 2.45) is 5.73 Å². The molecule has 0 atom stereocenters. The number of amides is 3. The normalized spacial score (nSPS) is 8.60. The van der Waals surface area contributed by atoms with Crippen LogP contribution in [0.15, 0.2) is 0 Å². The highest BCUT2D eigenvalue weighted by atomic mass is 79.9. The van der Waals surface area contributed by atoms with Gasteiger partial charge in [-0.05, 0) is 6.92 Å². The van der Waals surface area contributed by atoms with Crippen molar-refractivity contribution in [3.8, 4) is 0 Å². The number of primary amides is 1. The summed E-state index contributed by atoms with van der Waals surface area (Å²) in [4.78, 5) is 20.8. The molecule has 0 spiro atoms. The molecule has 6 heteroatoms. The fraction of sp³-hybridized carbons (Fsp3) is 0.500. The average molecular weight is 211 g/mol. The quantitative estimate of drug-likeness (QED) is 0.653. The maximum absolute atomic E-state index is 10.5. The van der Waals surface area contributed by atoms with Crippen LogP contribution in [0.25, 0.3) is 0 Å². The average Bonchev–Trinajstić information content (AvgIpc) is 1.87.